The van der Waals surface area contributed by atoms with E-state index in [0.29, 0.717) is 27.9 Å². The first-order valence-corrected chi connectivity index (χ1v) is 10.6. The van der Waals surface area contributed by atoms with E-state index in [-0.39, 0.29) is 31.0 Å². The molecule has 2 amide bonds. The van der Waals surface area contributed by atoms with E-state index in [4.69, 9.17) is 17.0 Å². The van der Waals surface area contributed by atoms with Crippen molar-refractivity contribution >= 4 is 46.2 Å². The number of piperidine rings is 1. The van der Waals surface area contributed by atoms with Gasteiger partial charge in [0.05, 0.1) is 12.0 Å². The van der Waals surface area contributed by atoms with Crippen molar-refractivity contribution < 1.29 is 19.4 Å². The minimum Gasteiger partial charge on any atom is -0.497 e. The summed E-state index contributed by atoms with van der Waals surface area (Å²) < 4.78 is 5.60. The quantitative estimate of drug-likeness (QED) is 0.564. The predicted octanol–water partition coefficient (Wildman–Crippen LogP) is 2.66. The summed E-state index contributed by atoms with van der Waals surface area (Å²) in [4.78, 5) is 29.3. The number of carbonyl (C=O) groups is 2. The van der Waals surface area contributed by atoms with Crippen LogP contribution in [-0.2, 0) is 9.59 Å². The van der Waals surface area contributed by atoms with E-state index in [9.17, 15) is 14.7 Å². The first-order chi connectivity index (χ1) is 13.5. The Morgan fingerprint density at radius 1 is 1.43 bits per heavy atom. The van der Waals surface area contributed by atoms with Crippen LogP contribution >= 0.6 is 24.0 Å². The number of aliphatic hydroxyl groups excluding tert-OH is 1. The van der Waals surface area contributed by atoms with Crippen molar-refractivity contribution in [3.05, 3.63) is 34.7 Å². The van der Waals surface area contributed by atoms with Gasteiger partial charge in [-0.25, -0.2) is 0 Å². The van der Waals surface area contributed by atoms with Gasteiger partial charge in [-0.1, -0.05) is 36.1 Å². The Balaban J connectivity index is 1.71. The van der Waals surface area contributed by atoms with Crippen LogP contribution in [0.3, 0.4) is 0 Å². The van der Waals surface area contributed by atoms with Gasteiger partial charge in [0.25, 0.3) is 5.91 Å². The summed E-state index contributed by atoms with van der Waals surface area (Å²) >= 11 is 6.56. The van der Waals surface area contributed by atoms with Gasteiger partial charge in [-0.05, 0) is 49.5 Å². The Labute approximate surface area is 174 Å². The van der Waals surface area contributed by atoms with Gasteiger partial charge in [-0.2, -0.15) is 0 Å². The number of nitrogens with zero attached hydrogens (tertiary/aromatic N) is 2. The minimum absolute atomic E-state index is 0.0389. The molecule has 6 nitrogen and oxygen atoms in total. The molecule has 2 heterocycles. The number of thioether (sulfide) groups is 1. The predicted molar refractivity (Wildman–Crippen MR) is 114 cm³/mol. The van der Waals surface area contributed by atoms with Crippen molar-refractivity contribution in [1.29, 1.82) is 0 Å². The second-order valence-electron chi connectivity index (χ2n) is 6.79. The number of hydrogen-bond acceptors (Lipinski definition) is 6. The molecule has 3 rings (SSSR count). The summed E-state index contributed by atoms with van der Waals surface area (Å²) in [5, 5.41) is 9.26. The minimum atomic E-state index is -0.248. The van der Waals surface area contributed by atoms with E-state index in [0.717, 1.165) is 24.8 Å². The number of rotatable bonds is 6. The normalized spacial score (nSPS) is 21.5. The molecule has 2 fully saturated rings. The Morgan fingerprint density at radius 3 is 3.00 bits per heavy atom. The average molecular weight is 421 g/mol. The number of aliphatic hydroxyl groups is 1. The van der Waals surface area contributed by atoms with Gasteiger partial charge < -0.3 is 14.7 Å². The van der Waals surface area contributed by atoms with Gasteiger partial charge in [-0.15, -0.1) is 0 Å². The molecular formula is C20H24N2O4S2. The van der Waals surface area contributed by atoms with E-state index in [1.807, 2.05) is 24.3 Å². The fourth-order valence-corrected chi connectivity index (χ4v) is 4.78. The van der Waals surface area contributed by atoms with Gasteiger partial charge in [0.15, 0.2) is 0 Å². The highest BCUT2D eigenvalue weighted by Crippen LogP contribution is 2.33. The lowest BCUT2D eigenvalue weighted by atomic mass is 9.99. The number of ether oxygens (including phenoxy) is 1. The number of thiocarbonyl (C=S) groups is 1. The van der Waals surface area contributed by atoms with Crippen molar-refractivity contribution in [2.75, 3.05) is 26.8 Å². The van der Waals surface area contributed by atoms with Gasteiger partial charge in [0, 0.05) is 19.2 Å². The van der Waals surface area contributed by atoms with Crippen LogP contribution in [0, 0.1) is 0 Å². The number of amides is 2. The summed E-state index contributed by atoms with van der Waals surface area (Å²) in [6.07, 6.45) is 5.22. The zero-order chi connectivity index (χ0) is 20.1. The van der Waals surface area contributed by atoms with Crippen molar-refractivity contribution in [2.24, 2.45) is 0 Å². The largest absolute Gasteiger partial charge is 0.497 e. The molecule has 0 spiro atoms. The summed E-state index contributed by atoms with van der Waals surface area (Å²) in [7, 11) is 1.59. The number of likely N-dealkylation sites (tertiary alicyclic amines) is 1. The summed E-state index contributed by atoms with van der Waals surface area (Å²) in [5.74, 6) is 0.346. The van der Waals surface area contributed by atoms with Crippen LogP contribution in [0.25, 0.3) is 6.08 Å². The Bertz CT molecular complexity index is 794. The lowest BCUT2D eigenvalue weighted by Crippen LogP contribution is -2.49. The topological polar surface area (TPSA) is 70.1 Å². The average Bonchev–Trinajstić information content (AvgIpc) is 2.96. The van der Waals surface area contributed by atoms with Crippen molar-refractivity contribution in [1.82, 2.24) is 9.80 Å². The smallest absolute Gasteiger partial charge is 0.266 e. The van der Waals surface area contributed by atoms with Gasteiger partial charge in [0.1, 0.15) is 16.6 Å². The third-order valence-corrected chi connectivity index (χ3v) is 6.35. The third-order valence-electron chi connectivity index (χ3n) is 4.97. The van der Waals surface area contributed by atoms with E-state index in [2.05, 4.69) is 0 Å². The lowest BCUT2D eigenvalue weighted by molar-refractivity contribution is -0.138. The van der Waals surface area contributed by atoms with Crippen LogP contribution in [0.4, 0.5) is 0 Å². The molecule has 0 radical (unpaired) electrons. The molecule has 0 unspecified atom stereocenters. The highest BCUT2D eigenvalue weighted by Gasteiger charge is 2.36. The van der Waals surface area contributed by atoms with Crippen LogP contribution in [-0.4, -0.2) is 63.9 Å². The number of benzene rings is 1. The molecule has 2 aliphatic rings. The van der Waals surface area contributed by atoms with E-state index in [1.165, 1.54) is 16.7 Å². The number of carbonyl (C=O) groups excluding carboxylic acids is 2. The summed E-state index contributed by atoms with van der Waals surface area (Å²) in [5.41, 5.74) is 0.838. The van der Waals surface area contributed by atoms with Crippen molar-refractivity contribution in [3.63, 3.8) is 0 Å². The molecule has 0 aromatic heterocycles. The Kier molecular flexibility index (Phi) is 7.09. The summed E-state index contributed by atoms with van der Waals surface area (Å²) in [6.45, 7) is 0.665. The highest BCUT2D eigenvalue weighted by molar-refractivity contribution is 8.26. The SMILES string of the molecule is COc1cccc(/C=C2\SC(=S)N(CC(=O)N3CCCC[C@H]3CCO)C2=O)c1. The van der Waals surface area contributed by atoms with Crippen LogP contribution in [0.1, 0.15) is 31.2 Å². The standard InChI is InChI=1S/C20H24N2O4S2/c1-26-16-7-4-5-14(11-16)12-17-19(25)22(20(27)28-17)13-18(24)21-9-3-2-6-15(21)8-10-23/h4-5,7,11-12,15,23H,2-3,6,8-10,13H2,1H3/b17-12-/t15-/m0/s1. The molecule has 2 saturated heterocycles. The lowest BCUT2D eigenvalue weighted by Gasteiger charge is -2.36. The first-order valence-electron chi connectivity index (χ1n) is 9.33. The molecule has 0 bridgehead atoms. The molecule has 8 heteroatoms. The van der Waals surface area contributed by atoms with E-state index >= 15 is 0 Å². The molecule has 2 aliphatic heterocycles. The second-order valence-corrected chi connectivity index (χ2v) is 8.47. The fraction of sp³-hybridized carbons (Fsp3) is 0.450. The van der Waals surface area contributed by atoms with Crippen LogP contribution in [0.2, 0.25) is 0 Å². The summed E-state index contributed by atoms with van der Waals surface area (Å²) in [6, 6.07) is 7.45. The monoisotopic (exact) mass is 420 g/mol. The second kappa shape index (κ2) is 9.54. The van der Waals surface area contributed by atoms with Crippen LogP contribution in [0.5, 0.6) is 5.75 Å². The van der Waals surface area contributed by atoms with Crippen molar-refractivity contribution in [3.8, 4) is 5.75 Å². The number of methoxy groups -OCH3 is 1. The Morgan fingerprint density at radius 2 is 2.25 bits per heavy atom. The molecule has 0 aliphatic carbocycles. The number of hydrogen-bond donors (Lipinski definition) is 1. The van der Waals surface area contributed by atoms with Crippen LogP contribution < -0.4 is 4.74 Å². The first kappa shape index (κ1) is 20.8. The molecule has 150 valence electrons. The maximum Gasteiger partial charge on any atom is 0.266 e. The zero-order valence-corrected chi connectivity index (χ0v) is 17.4. The molecule has 1 aromatic rings. The van der Waals surface area contributed by atoms with Crippen molar-refractivity contribution in [2.45, 2.75) is 31.7 Å². The molecular weight excluding hydrogens is 396 g/mol. The molecule has 0 saturated carbocycles. The Hall–Kier alpha value is -1.90. The maximum absolute atomic E-state index is 12.8. The van der Waals surface area contributed by atoms with Crippen LogP contribution in [0.15, 0.2) is 29.2 Å². The fourth-order valence-electron chi connectivity index (χ4n) is 3.52. The zero-order valence-electron chi connectivity index (χ0n) is 15.8. The molecule has 28 heavy (non-hydrogen) atoms. The molecule has 1 aromatic carbocycles. The highest BCUT2D eigenvalue weighted by atomic mass is 32.2. The molecule has 1 N–H and O–H groups in total. The van der Waals surface area contributed by atoms with E-state index in [1.54, 1.807) is 18.1 Å². The van der Waals surface area contributed by atoms with Gasteiger partial charge >= 0.3 is 0 Å². The molecule has 1 atom stereocenters. The van der Waals surface area contributed by atoms with E-state index < -0.39 is 0 Å². The van der Waals surface area contributed by atoms with Gasteiger partial charge in [-0.3, -0.25) is 14.5 Å². The third kappa shape index (κ3) is 4.74. The van der Waals surface area contributed by atoms with Gasteiger partial charge in [0.2, 0.25) is 5.91 Å². The maximum atomic E-state index is 12.8.